The first kappa shape index (κ1) is 15.0. The summed E-state index contributed by atoms with van der Waals surface area (Å²) in [6, 6.07) is 9.96. The number of hydrogen-bond donors (Lipinski definition) is 2. The first-order valence-electron chi connectivity index (χ1n) is 6.14. The lowest BCUT2D eigenvalue weighted by Crippen LogP contribution is -2.13. The number of ether oxygens (including phenoxy) is 2. The van der Waals surface area contributed by atoms with Crippen molar-refractivity contribution in [3.63, 3.8) is 0 Å². The van der Waals surface area contributed by atoms with E-state index in [4.69, 9.17) is 26.8 Å². The summed E-state index contributed by atoms with van der Waals surface area (Å²) < 4.78 is 10.4. The molecule has 0 aliphatic carbocycles. The van der Waals surface area contributed by atoms with Crippen molar-refractivity contribution >= 4 is 28.9 Å². The maximum atomic E-state index is 12.3. The van der Waals surface area contributed by atoms with Crippen molar-refractivity contribution in [3.8, 4) is 11.5 Å². The fourth-order valence-electron chi connectivity index (χ4n) is 1.89. The Hall–Kier alpha value is -2.40. The molecule has 2 aromatic carbocycles. The fraction of sp³-hybridized carbons (Fsp3) is 0.133. The third-order valence-corrected chi connectivity index (χ3v) is 3.25. The molecular formula is C15H15ClN2O3. The van der Waals surface area contributed by atoms with Gasteiger partial charge in [0, 0.05) is 5.69 Å². The SMILES string of the molecule is COc1cccc(C(=O)Nc2ccc(Cl)c(N)c2)c1OC. The van der Waals surface area contributed by atoms with Crippen LogP contribution in [0.15, 0.2) is 36.4 Å². The third-order valence-electron chi connectivity index (χ3n) is 2.90. The van der Waals surface area contributed by atoms with E-state index in [-0.39, 0.29) is 5.91 Å². The molecule has 0 spiro atoms. The maximum Gasteiger partial charge on any atom is 0.259 e. The monoisotopic (exact) mass is 306 g/mol. The second-order valence-electron chi connectivity index (χ2n) is 4.23. The van der Waals surface area contributed by atoms with E-state index in [9.17, 15) is 4.79 Å². The Bertz CT molecular complexity index is 674. The van der Waals surface area contributed by atoms with Crippen molar-refractivity contribution < 1.29 is 14.3 Å². The number of nitrogens with two attached hydrogens (primary N) is 1. The van der Waals surface area contributed by atoms with Crippen molar-refractivity contribution in [1.29, 1.82) is 0 Å². The molecule has 0 saturated carbocycles. The zero-order valence-corrected chi connectivity index (χ0v) is 12.4. The van der Waals surface area contributed by atoms with Crippen LogP contribution in [0.1, 0.15) is 10.4 Å². The number of rotatable bonds is 4. The largest absolute Gasteiger partial charge is 0.493 e. The zero-order valence-electron chi connectivity index (χ0n) is 11.6. The van der Waals surface area contributed by atoms with Crippen molar-refractivity contribution in [2.45, 2.75) is 0 Å². The molecular weight excluding hydrogens is 292 g/mol. The van der Waals surface area contributed by atoms with Gasteiger partial charge in [0.1, 0.15) is 0 Å². The van der Waals surface area contributed by atoms with Gasteiger partial charge < -0.3 is 20.5 Å². The first-order valence-corrected chi connectivity index (χ1v) is 6.52. The van der Waals surface area contributed by atoms with Crippen LogP contribution in [0, 0.1) is 0 Å². The van der Waals surface area contributed by atoms with Crippen LogP contribution in [0.4, 0.5) is 11.4 Å². The zero-order chi connectivity index (χ0) is 15.4. The number of halogens is 1. The van der Waals surface area contributed by atoms with Gasteiger partial charge in [0.15, 0.2) is 11.5 Å². The van der Waals surface area contributed by atoms with E-state index in [1.54, 1.807) is 36.4 Å². The molecule has 2 aromatic rings. The molecule has 0 aromatic heterocycles. The minimum absolute atomic E-state index is 0.326. The number of anilines is 2. The van der Waals surface area contributed by atoms with Crippen molar-refractivity contribution in [3.05, 3.63) is 47.0 Å². The number of methoxy groups -OCH3 is 2. The molecule has 0 radical (unpaired) electrons. The lowest BCUT2D eigenvalue weighted by molar-refractivity contribution is 0.102. The Balaban J connectivity index is 2.30. The molecule has 6 heteroatoms. The van der Waals surface area contributed by atoms with Gasteiger partial charge >= 0.3 is 0 Å². The van der Waals surface area contributed by atoms with E-state index in [2.05, 4.69) is 5.32 Å². The van der Waals surface area contributed by atoms with E-state index < -0.39 is 0 Å². The highest BCUT2D eigenvalue weighted by Gasteiger charge is 2.16. The molecule has 0 bridgehead atoms. The standard InChI is InChI=1S/C15H15ClN2O3/c1-20-13-5-3-4-10(14(13)21-2)15(19)18-9-6-7-11(16)12(17)8-9/h3-8H,17H2,1-2H3,(H,18,19). The Morgan fingerprint density at radius 1 is 1.19 bits per heavy atom. The van der Waals surface area contributed by atoms with Gasteiger partial charge in [-0.25, -0.2) is 0 Å². The van der Waals surface area contributed by atoms with Crippen LogP contribution in [0.3, 0.4) is 0 Å². The van der Waals surface area contributed by atoms with Gasteiger partial charge in [0.05, 0.1) is 30.5 Å². The third kappa shape index (κ3) is 3.20. The minimum Gasteiger partial charge on any atom is -0.493 e. The highest BCUT2D eigenvalue weighted by molar-refractivity contribution is 6.33. The van der Waals surface area contributed by atoms with E-state index in [0.29, 0.717) is 33.5 Å². The highest BCUT2D eigenvalue weighted by Crippen LogP contribution is 2.31. The van der Waals surface area contributed by atoms with E-state index in [0.717, 1.165) is 0 Å². The fourth-order valence-corrected chi connectivity index (χ4v) is 2.00. The summed E-state index contributed by atoms with van der Waals surface area (Å²) in [6.07, 6.45) is 0. The summed E-state index contributed by atoms with van der Waals surface area (Å²) in [5, 5.41) is 3.18. The van der Waals surface area contributed by atoms with Gasteiger partial charge in [-0.1, -0.05) is 17.7 Å². The molecule has 21 heavy (non-hydrogen) atoms. The normalized spacial score (nSPS) is 10.0. The lowest BCUT2D eigenvalue weighted by atomic mass is 10.1. The average Bonchev–Trinajstić information content (AvgIpc) is 2.49. The number of para-hydroxylation sites is 1. The number of nitrogens with one attached hydrogen (secondary N) is 1. The first-order chi connectivity index (χ1) is 10.1. The van der Waals surface area contributed by atoms with Gasteiger partial charge in [-0.3, -0.25) is 4.79 Å². The molecule has 5 nitrogen and oxygen atoms in total. The van der Waals surface area contributed by atoms with E-state index in [1.165, 1.54) is 14.2 Å². The van der Waals surface area contributed by atoms with E-state index in [1.807, 2.05) is 0 Å². The van der Waals surface area contributed by atoms with Gasteiger partial charge in [-0.15, -0.1) is 0 Å². The maximum absolute atomic E-state index is 12.3. The summed E-state index contributed by atoms with van der Waals surface area (Å²) >= 11 is 5.85. The number of amides is 1. The Kier molecular flexibility index (Phi) is 4.55. The number of hydrogen-bond acceptors (Lipinski definition) is 4. The van der Waals surface area contributed by atoms with Gasteiger partial charge in [0.25, 0.3) is 5.91 Å². The Morgan fingerprint density at radius 3 is 2.57 bits per heavy atom. The lowest BCUT2D eigenvalue weighted by Gasteiger charge is -2.13. The molecule has 0 saturated heterocycles. The van der Waals surface area contributed by atoms with Crippen LogP contribution in [-0.2, 0) is 0 Å². The summed E-state index contributed by atoms with van der Waals surface area (Å²) in [4.78, 5) is 12.3. The topological polar surface area (TPSA) is 73.6 Å². The second kappa shape index (κ2) is 6.37. The van der Waals surface area contributed by atoms with Crippen LogP contribution in [0.2, 0.25) is 5.02 Å². The van der Waals surface area contributed by atoms with Crippen LogP contribution in [-0.4, -0.2) is 20.1 Å². The van der Waals surface area contributed by atoms with Crippen molar-refractivity contribution in [2.75, 3.05) is 25.3 Å². The molecule has 1 amide bonds. The quantitative estimate of drug-likeness (QED) is 0.851. The Morgan fingerprint density at radius 2 is 1.95 bits per heavy atom. The Labute approximate surface area is 127 Å². The van der Waals surface area contributed by atoms with Gasteiger partial charge in [0.2, 0.25) is 0 Å². The predicted molar refractivity (Wildman–Crippen MR) is 83.4 cm³/mol. The molecule has 0 heterocycles. The molecule has 0 aliphatic rings. The van der Waals surface area contributed by atoms with Gasteiger partial charge in [-0.2, -0.15) is 0 Å². The average molecular weight is 307 g/mol. The summed E-state index contributed by atoms with van der Waals surface area (Å²) in [7, 11) is 2.99. The molecule has 0 aliphatic heterocycles. The number of carbonyl (C=O) groups is 1. The summed E-state index contributed by atoms with van der Waals surface area (Å²) in [6.45, 7) is 0. The van der Waals surface area contributed by atoms with Crippen LogP contribution in [0.25, 0.3) is 0 Å². The molecule has 110 valence electrons. The molecule has 0 unspecified atom stereocenters. The van der Waals surface area contributed by atoms with Crippen molar-refractivity contribution in [1.82, 2.24) is 0 Å². The molecule has 0 fully saturated rings. The smallest absolute Gasteiger partial charge is 0.259 e. The van der Waals surface area contributed by atoms with Crippen LogP contribution < -0.4 is 20.5 Å². The molecule has 0 atom stereocenters. The summed E-state index contributed by atoms with van der Waals surface area (Å²) in [5.74, 6) is 0.535. The predicted octanol–water partition coefficient (Wildman–Crippen LogP) is 3.19. The highest BCUT2D eigenvalue weighted by atomic mass is 35.5. The minimum atomic E-state index is -0.326. The van der Waals surface area contributed by atoms with Crippen LogP contribution >= 0.6 is 11.6 Å². The summed E-state index contributed by atoms with van der Waals surface area (Å²) in [5.41, 5.74) is 7.02. The molecule has 2 rings (SSSR count). The van der Waals surface area contributed by atoms with Crippen LogP contribution in [0.5, 0.6) is 11.5 Å². The molecule has 3 N–H and O–H groups in total. The van der Waals surface area contributed by atoms with E-state index >= 15 is 0 Å². The van der Waals surface area contributed by atoms with Crippen molar-refractivity contribution in [2.24, 2.45) is 0 Å². The number of nitrogen functional groups attached to an aromatic ring is 1. The van der Waals surface area contributed by atoms with Gasteiger partial charge in [-0.05, 0) is 30.3 Å². The number of carbonyl (C=O) groups excluding carboxylic acids is 1. The number of benzene rings is 2. The second-order valence-corrected chi connectivity index (χ2v) is 4.64.